The topological polar surface area (TPSA) is 17.1 Å². The lowest BCUT2D eigenvalue weighted by Crippen LogP contribution is -2.06. The molecule has 0 saturated carbocycles. The van der Waals surface area contributed by atoms with Crippen molar-refractivity contribution in [3.8, 4) is 0 Å². The average Bonchev–Trinajstić information content (AvgIpc) is 2.41. The second-order valence-electron chi connectivity index (χ2n) is 4.68. The van der Waals surface area contributed by atoms with E-state index in [2.05, 4.69) is 22.0 Å². The highest BCUT2D eigenvalue weighted by Crippen LogP contribution is 2.22. The molecule has 2 heteroatoms. The normalized spacial score (nSPS) is 16.3. The molecule has 0 aromatic heterocycles. The summed E-state index contributed by atoms with van der Waals surface area (Å²) in [7, 11) is 0. The summed E-state index contributed by atoms with van der Waals surface area (Å²) in [5, 5.41) is 0. The number of allylic oxidation sites excluding steroid dienone is 3. The predicted molar refractivity (Wildman–Crippen MR) is 79.4 cm³/mol. The van der Waals surface area contributed by atoms with Crippen molar-refractivity contribution in [3.63, 3.8) is 0 Å². The Balaban J connectivity index is 2.15. The molecule has 0 aliphatic heterocycles. The SMILES string of the molecule is C/C(=C\c1ccc(Br)cc1)C(=O)C1=CCCCC1. The van der Waals surface area contributed by atoms with Gasteiger partial charge in [0.2, 0.25) is 0 Å². The van der Waals surface area contributed by atoms with Crippen LogP contribution in [0.2, 0.25) is 0 Å². The van der Waals surface area contributed by atoms with Gasteiger partial charge in [-0.2, -0.15) is 0 Å². The van der Waals surface area contributed by atoms with Gasteiger partial charge in [-0.15, -0.1) is 0 Å². The number of carbonyl (C=O) groups excluding carboxylic acids is 1. The van der Waals surface area contributed by atoms with E-state index in [0.29, 0.717) is 0 Å². The van der Waals surface area contributed by atoms with E-state index >= 15 is 0 Å². The Morgan fingerprint density at radius 2 is 1.94 bits per heavy atom. The van der Waals surface area contributed by atoms with Crippen LogP contribution in [-0.4, -0.2) is 5.78 Å². The Morgan fingerprint density at radius 3 is 2.56 bits per heavy atom. The van der Waals surface area contributed by atoms with Crippen LogP contribution in [0.25, 0.3) is 6.08 Å². The second kappa shape index (κ2) is 6.14. The molecule has 0 unspecified atom stereocenters. The smallest absolute Gasteiger partial charge is 0.184 e. The van der Waals surface area contributed by atoms with Gasteiger partial charge in [-0.25, -0.2) is 0 Å². The Kier molecular flexibility index (Phi) is 4.54. The molecule has 0 radical (unpaired) electrons. The molecule has 0 N–H and O–H groups in total. The molecule has 0 amide bonds. The fourth-order valence-corrected chi connectivity index (χ4v) is 2.44. The van der Waals surface area contributed by atoms with E-state index in [1.165, 1.54) is 6.42 Å². The minimum atomic E-state index is 0.206. The van der Waals surface area contributed by atoms with Gasteiger partial charge in [-0.1, -0.05) is 34.1 Å². The molecule has 1 nitrogen and oxygen atoms in total. The zero-order valence-corrected chi connectivity index (χ0v) is 12.2. The van der Waals surface area contributed by atoms with Crippen molar-refractivity contribution in [3.05, 3.63) is 51.5 Å². The summed E-state index contributed by atoms with van der Waals surface area (Å²) in [4.78, 5) is 12.2. The first kappa shape index (κ1) is 13.3. The van der Waals surface area contributed by atoms with Gasteiger partial charge in [-0.3, -0.25) is 4.79 Å². The number of carbonyl (C=O) groups is 1. The van der Waals surface area contributed by atoms with Crippen LogP contribution in [0.5, 0.6) is 0 Å². The number of rotatable bonds is 3. The summed E-state index contributed by atoms with van der Waals surface area (Å²) in [5.41, 5.74) is 2.89. The molecule has 18 heavy (non-hydrogen) atoms. The van der Waals surface area contributed by atoms with Crippen LogP contribution >= 0.6 is 15.9 Å². The van der Waals surface area contributed by atoms with Crippen LogP contribution in [-0.2, 0) is 4.79 Å². The first-order valence-corrected chi connectivity index (χ1v) is 7.14. The van der Waals surface area contributed by atoms with Crippen molar-refractivity contribution in [1.82, 2.24) is 0 Å². The van der Waals surface area contributed by atoms with Gasteiger partial charge in [0.15, 0.2) is 5.78 Å². The molecule has 0 saturated heterocycles. The molecule has 1 aromatic carbocycles. The average molecular weight is 305 g/mol. The predicted octanol–water partition coefficient (Wildman–Crippen LogP) is 4.92. The van der Waals surface area contributed by atoms with Crippen molar-refractivity contribution >= 4 is 27.8 Å². The van der Waals surface area contributed by atoms with Crippen LogP contribution in [0, 0.1) is 0 Å². The highest BCUT2D eigenvalue weighted by Gasteiger charge is 2.13. The van der Waals surface area contributed by atoms with E-state index in [1.54, 1.807) is 0 Å². The molecular weight excluding hydrogens is 288 g/mol. The van der Waals surface area contributed by atoms with E-state index in [-0.39, 0.29) is 5.78 Å². The summed E-state index contributed by atoms with van der Waals surface area (Å²) in [6, 6.07) is 8.00. The standard InChI is InChI=1S/C16H17BrO/c1-12(11-13-7-9-15(17)10-8-13)16(18)14-5-3-2-4-6-14/h5,7-11H,2-4,6H2,1H3/b12-11+. The van der Waals surface area contributed by atoms with Gasteiger partial charge < -0.3 is 0 Å². The van der Waals surface area contributed by atoms with Crippen LogP contribution in [0.1, 0.15) is 38.2 Å². The van der Waals surface area contributed by atoms with Gasteiger partial charge in [0, 0.05) is 4.47 Å². The van der Waals surface area contributed by atoms with Crippen molar-refractivity contribution in [2.24, 2.45) is 0 Å². The Hall–Kier alpha value is -1.15. The monoisotopic (exact) mass is 304 g/mol. The van der Waals surface area contributed by atoms with Crippen molar-refractivity contribution in [2.75, 3.05) is 0 Å². The van der Waals surface area contributed by atoms with Crippen molar-refractivity contribution in [1.29, 1.82) is 0 Å². The summed E-state index contributed by atoms with van der Waals surface area (Å²) >= 11 is 3.41. The molecule has 94 valence electrons. The van der Waals surface area contributed by atoms with Gasteiger partial charge in [-0.05, 0) is 67.5 Å². The van der Waals surface area contributed by atoms with Crippen LogP contribution in [0.4, 0.5) is 0 Å². The molecule has 1 aliphatic carbocycles. The molecule has 2 rings (SSSR count). The van der Waals surface area contributed by atoms with Crippen molar-refractivity contribution < 1.29 is 4.79 Å². The van der Waals surface area contributed by atoms with Gasteiger partial charge in [0.05, 0.1) is 0 Å². The number of hydrogen-bond donors (Lipinski definition) is 0. The highest BCUT2D eigenvalue weighted by atomic mass is 79.9. The lowest BCUT2D eigenvalue weighted by atomic mass is 9.93. The van der Waals surface area contributed by atoms with E-state index in [4.69, 9.17) is 0 Å². The minimum Gasteiger partial charge on any atom is -0.289 e. The van der Waals surface area contributed by atoms with Gasteiger partial charge >= 0.3 is 0 Å². The van der Waals surface area contributed by atoms with Gasteiger partial charge in [0.25, 0.3) is 0 Å². The summed E-state index contributed by atoms with van der Waals surface area (Å²) in [6.07, 6.45) is 8.40. The number of halogens is 1. The molecule has 1 aromatic rings. The number of benzene rings is 1. The third-order valence-corrected chi connectivity index (χ3v) is 3.72. The van der Waals surface area contributed by atoms with Crippen LogP contribution < -0.4 is 0 Å². The molecular formula is C16H17BrO. The number of ketones is 1. The number of Topliss-reactive ketones (excluding diaryl/α,β-unsaturated/α-hetero) is 1. The van der Waals surface area contributed by atoms with Crippen LogP contribution in [0.15, 0.2) is 46.0 Å². The third kappa shape index (κ3) is 3.42. The van der Waals surface area contributed by atoms with E-state index < -0.39 is 0 Å². The molecule has 0 fully saturated rings. The van der Waals surface area contributed by atoms with Crippen LogP contribution in [0.3, 0.4) is 0 Å². The first-order valence-electron chi connectivity index (χ1n) is 6.34. The maximum absolute atomic E-state index is 12.2. The molecule has 0 heterocycles. The summed E-state index contributed by atoms with van der Waals surface area (Å²) in [6.45, 7) is 1.90. The zero-order valence-electron chi connectivity index (χ0n) is 10.6. The lowest BCUT2D eigenvalue weighted by Gasteiger charge is -2.11. The maximum atomic E-state index is 12.2. The summed E-state index contributed by atoms with van der Waals surface area (Å²) < 4.78 is 1.05. The molecule has 0 atom stereocenters. The summed E-state index contributed by atoms with van der Waals surface area (Å²) in [5.74, 6) is 0.206. The van der Waals surface area contributed by atoms with E-state index in [9.17, 15) is 4.79 Å². The third-order valence-electron chi connectivity index (χ3n) is 3.19. The lowest BCUT2D eigenvalue weighted by molar-refractivity contribution is -0.112. The Morgan fingerprint density at radius 1 is 1.22 bits per heavy atom. The largest absolute Gasteiger partial charge is 0.289 e. The quantitative estimate of drug-likeness (QED) is 0.724. The number of hydrogen-bond acceptors (Lipinski definition) is 1. The fourth-order valence-electron chi connectivity index (χ4n) is 2.17. The molecule has 0 spiro atoms. The first-order chi connectivity index (χ1) is 8.66. The maximum Gasteiger partial charge on any atom is 0.184 e. The highest BCUT2D eigenvalue weighted by molar-refractivity contribution is 9.10. The minimum absolute atomic E-state index is 0.206. The molecule has 1 aliphatic rings. The van der Waals surface area contributed by atoms with Gasteiger partial charge in [0.1, 0.15) is 0 Å². The Bertz CT molecular complexity index is 494. The van der Waals surface area contributed by atoms with E-state index in [1.807, 2.05) is 37.3 Å². The fraction of sp³-hybridized carbons (Fsp3) is 0.312. The zero-order chi connectivity index (χ0) is 13.0. The Labute approximate surface area is 117 Å². The molecule has 0 bridgehead atoms. The van der Waals surface area contributed by atoms with Crippen molar-refractivity contribution in [2.45, 2.75) is 32.6 Å². The second-order valence-corrected chi connectivity index (χ2v) is 5.60. The van der Waals surface area contributed by atoms with E-state index in [0.717, 1.165) is 40.4 Å².